The molecule has 0 fully saturated rings. The summed E-state index contributed by atoms with van der Waals surface area (Å²) in [6.07, 6.45) is 3.46. The molecule has 0 saturated heterocycles. The predicted octanol–water partition coefficient (Wildman–Crippen LogP) is 4.46. The molecule has 0 unspecified atom stereocenters. The van der Waals surface area contributed by atoms with Gasteiger partial charge in [0, 0.05) is 21.0 Å². The Kier molecular flexibility index (Phi) is 11.7. The van der Waals surface area contributed by atoms with Gasteiger partial charge in [-0.15, -0.1) is 0 Å². The van der Waals surface area contributed by atoms with Gasteiger partial charge in [-0.25, -0.2) is 0 Å². The Hall–Kier alpha value is 1.32. The van der Waals surface area contributed by atoms with E-state index in [2.05, 4.69) is 27.7 Å². The van der Waals surface area contributed by atoms with Crippen molar-refractivity contribution < 1.29 is 10.2 Å². The Morgan fingerprint density at radius 3 is 1.74 bits per heavy atom. The van der Waals surface area contributed by atoms with E-state index in [9.17, 15) is 0 Å². The molecule has 0 bridgehead atoms. The Labute approximate surface area is 134 Å². The zero-order valence-corrected chi connectivity index (χ0v) is 15.7. The van der Waals surface area contributed by atoms with Crippen LogP contribution in [0.4, 0.5) is 0 Å². The van der Waals surface area contributed by atoms with Crippen molar-refractivity contribution in [1.29, 1.82) is 0 Å². The van der Waals surface area contributed by atoms with Crippen LogP contribution in [0.5, 0.6) is 0 Å². The second-order valence-electron chi connectivity index (χ2n) is 5.08. The molecular weight excluding hydrogens is 316 g/mol. The van der Waals surface area contributed by atoms with Crippen LogP contribution >= 0.6 is 43.2 Å². The maximum Gasteiger partial charge on any atom is 0.0530 e. The Morgan fingerprint density at radius 1 is 0.842 bits per heavy atom. The van der Waals surface area contributed by atoms with Crippen LogP contribution in [0, 0.1) is 0 Å². The highest BCUT2D eigenvalue weighted by atomic mass is 33.1. The molecule has 0 radical (unpaired) electrons. The predicted molar refractivity (Wildman–Crippen MR) is 96.3 cm³/mol. The van der Waals surface area contributed by atoms with Crippen molar-refractivity contribution in [1.82, 2.24) is 0 Å². The number of aliphatic hydroxyl groups excluding tert-OH is 2. The van der Waals surface area contributed by atoms with Crippen LogP contribution in [0.2, 0.25) is 0 Å². The summed E-state index contributed by atoms with van der Waals surface area (Å²) < 4.78 is 0.495. The van der Waals surface area contributed by atoms with Crippen molar-refractivity contribution in [2.45, 2.75) is 56.5 Å². The Bertz CT molecular complexity index is 221. The fraction of sp³-hybridized carbons (Fsp3) is 1.00. The van der Waals surface area contributed by atoms with Crippen LogP contribution in [0.1, 0.15) is 47.0 Å². The Balaban J connectivity index is 4.43. The average Bonchev–Trinajstić information content (AvgIpc) is 2.38. The average molecular weight is 345 g/mol. The second kappa shape index (κ2) is 11.0. The highest BCUT2D eigenvalue weighted by molar-refractivity contribution is 8.77. The van der Waals surface area contributed by atoms with Crippen molar-refractivity contribution in [2.75, 3.05) is 24.7 Å². The molecule has 19 heavy (non-hydrogen) atoms. The summed E-state index contributed by atoms with van der Waals surface area (Å²) in [7, 11) is 7.38. The third kappa shape index (κ3) is 9.04. The first-order valence-corrected chi connectivity index (χ1v) is 11.4. The van der Waals surface area contributed by atoms with Crippen LogP contribution in [0.25, 0.3) is 0 Å². The van der Waals surface area contributed by atoms with Crippen molar-refractivity contribution in [3.05, 3.63) is 0 Å². The molecule has 0 aliphatic carbocycles. The molecule has 0 aliphatic rings. The fourth-order valence-electron chi connectivity index (χ4n) is 1.90. The number of hydrogen-bond donors (Lipinski definition) is 2. The van der Waals surface area contributed by atoms with Crippen LogP contribution in [0.15, 0.2) is 0 Å². The van der Waals surface area contributed by atoms with E-state index in [-0.39, 0.29) is 22.7 Å². The van der Waals surface area contributed by atoms with Gasteiger partial charge in [0.05, 0.1) is 13.2 Å². The van der Waals surface area contributed by atoms with E-state index in [0.717, 1.165) is 30.8 Å². The SMILES string of the molecule is CCC(CC)(CC(C)(C)SSCCO)SSCCO. The van der Waals surface area contributed by atoms with Gasteiger partial charge in [-0.2, -0.15) is 0 Å². The van der Waals surface area contributed by atoms with Crippen molar-refractivity contribution in [3.8, 4) is 0 Å². The van der Waals surface area contributed by atoms with E-state index in [1.54, 1.807) is 21.6 Å². The molecule has 0 saturated carbocycles. The van der Waals surface area contributed by atoms with E-state index >= 15 is 0 Å². The quantitative estimate of drug-likeness (QED) is 0.402. The lowest BCUT2D eigenvalue weighted by atomic mass is 9.91. The molecule has 2 nitrogen and oxygen atoms in total. The summed E-state index contributed by atoms with van der Waals surface area (Å²) in [6.45, 7) is 9.61. The number of rotatable bonds is 12. The number of hydrogen-bond acceptors (Lipinski definition) is 6. The zero-order chi connectivity index (χ0) is 14.8. The van der Waals surface area contributed by atoms with Gasteiger partial charge in [-0.05, 0) is 33.1 Å². The molecule has 0 aromatic heterocycles. The van der Waals surface area contributed by atoms with Crippen LogP contribution in [-0.4, -0.2) is 44.4 Å². The zero-order valence-electron chi connectivity index (χ0n) is 12.5. The van der Waals surface area contributed by atoms with Crippen molar-refractivity contribution in [3.63, 3.8) is 0 Å². The van der Waals surface area contributed by atoms with E-state index in [0.29, 0.717) is 0 Å². The second-order valence-corrected chi connectivity index (χ2v) is 11.1. The van der Waals surface area contributed by atoms with E-state index in [4.69, 9.17) is 10.2 Å². The lowest BCUT2D eigenvalue weighted by Gasteiger charge is -2.37. The normalized spacial score (nSPS) is 12.9. The third-order valence-electron chi connectivity index (χ3n) is 2.91. The van der Waals surface area contributed by atoms with Crippen LogP contribution in [0.3, 0.4) is 0 Å². The largest absolute Gasteiger partial charge is 0.395 e. The topological polar surface area (TPSA) is 40.5 Å². The van der Waals surface area contributed by atoms with Crippen LogP contribution < -0.4 is 0 Å². The van der Waals surface area contributed by atoms with E-state index < -0.39 is 0 Å². The smallest absolute Gasteiger partial charge is 0.0530 e. The summed E-state index contributed by atoms with van der Waals surface area (Å²) in [6, 6.07) is 0. The molecule has 0 aromatic rings. The summed E-state index contributed by atoms with van der Waals surface area (Å²) in [5, 5.41) is 17.8. The van der Waals surface area contributed by atoms with Gasteiger partial charge < -0.3 is 10.2 Å². The minimum Gasteiger partial charge on any atom is -0.395 e. The van der Waals surface area contributed by atoms with E-state index in [1.807, 2.05) is 21.6 Å². The van der Waals surface area contributed by atoms with Gasteiger partial charge in [0.2, 0.25) is 0 Å². The molecule has 0 aliphatic heterocycles. The molecule has 116 valence electrons. The van der Waals surface area contributed by atoms with Crippen molar-refractivity contribution in [2.24, 2.45) is 0 Å². The maximum atomic E-state index is 8.92. The minimum absolute atomic E-state index is 0.207. The molecule has 0 rings (SSSR count). The van der Waals surface area contributed by atoms with Crippen molar-refractivity contribution >= 4 is 43.2 Å². The van der Waals surface area contributed by atoms with Gasteiger partial charge in [0.1, 0.15) is 0 Å². The monoisotopic (exact) mass is 344 g/mol. The maximum absolute atomic E-state index is 8.92. The lowest BCUT2D eigenvalue weighted by molar-refractivity contribution is 0.322. The summed E-state index contributed by atoms with van der Waals surface area (Å²) in [4.78, 5) is 0. The molecule has 6 heteroatoms. The summed E-state index contributed by atoms with van der Waals surface area (Å²) in [5.41, 5.74) is 0. The minimum atomic E-state index is 0.207. The van der Waals surface area contributed by atoms with Gasteiger partial charge in [0.15, 0.2) is 0 Å². The molecule has 0 amide bonds. The summed E-state index contributed by atoms with van der Waals surface area (Å²) in [5.74, 6) is 1.60. The van der Waals surface area contributed by atoms with E-state index in [1.165, 1.54) is 0 Å². The molecule has 0 spiro atoms. The first-order valence-electron chi connectivity index (χ1n) is 6.78. The third-order valence-corrected chi connectivity index (χ3v) is 9.63. The van der Waals surface area contributed by atoms with Crippen LogP contribution in [-0.2, 0) is 0 Å². The van der Waals surface area contributed by atoms with Gasteiger partial charge in [-0.3, -0.25) is 0 Å². The Morgan fingerprint density at radius 2 is 1.32 bits per heavy atom. The lowest BCUT2D eigenvalue weighted by Crippen LogP contribution is -2.31. The molecule has 0 aromatic carbocycles. The number of aliphatic hydroxyl groups is 2. The first kappa shape index (κ1) is 20.3. The summed E-state index contributed by atoms with van der Waals surface area (Å²) >= 11 is 0. The fourth-order valence-corrected chi connectivity index (χ4v) is 7.58. The molecule has 0 atom stereocenters. The molecular formula is C13H28O2S4. The van der Waals surface area contributed by atoms with Gasteiger partial charge >= 0.3 is 0 Å². The standard InChI is InChI=1S/C13H28O2S4/c1-5-13(6-2,19-17-10-8-15)11-12(3,4)18-16-9-7-14/h14-15H,5-11H2,1-4H3. The molecule has 0 heterocycles. The first-order chi connectivity index (χ1) is 8.95. The van der Waals surface area contributed by atoms with Gasteiger partial charge in [0.25, 0.3) is 0 Å². The highest BCUT2D eigenvalue weighted by Gasteiger charge is 2.35. The molecule has 2 N–H and O–H groups in total. The van der Waals surface area contributed by atoms with Gasteiger partial charge in [-0.1, -0.05) is 57.0 Å². The highest BCUT2D eigenvalue weighted by Crippen LogP contribution is 2.50.